The van der Waals surface area contributed by atoms with E-state index in [1.807, 2.05) is 30.3 Å². The highest BCUT2D eigenvalue weighted by Crippen LogP contribution is 2.37. The third-order valence-electron chi connectivity index (χ3n) is 4.66. The molecule has 0 saturated heterocycles. The number of benzene rings is 1. The molecular weight excluding hydrogens is 318 g/mol. The van der Waals surface area contributed by atoms with Crippen molar-refractivity contribution in [2.24, 2.45) is 0 Å². The van der Waals surface area contributed by atoms with E-state index in [2.05, 4.69) is 20.3 Å². The molecule has 3 heterocycles. The minimum atomic E-state index is 0.337. The first kappa shape index (κ1) is 14.2. The second kappa shape index (κ2) is 5.41. The molecule has 1 saturated carbocycles. The number of pyridine rings is 1. The summed E-state index contributed by atoms with van der Waals surface area (Å²) < 4.78 is 10.8. The van der Waals surface area contributed by atoms with E-state index in [0.29, 0.717) is 29.1 Å². The van der Waals surface area contributed by atoms with Crippen molar-refractivity contribution in [1.82, 2.24) is 20.3 Å². The highest BCUT2D eigenvalue weighted by Gasteiger charge is 2.25. The fourth-order valence-electron chi connectivity index (χ4n) is 3.09. The van der Waals surface area contributed by atoms with Crippen molar-refractivity contribution in [2.75, 3.05) is 5.73 Å². The number of nitrogen functional groups attached to an aromatic ring is 1. The van der Waals surface area contributed by atoms with E-state index in [1.54, 1.807) is 6.07 Å². The summed E-state index contributed by atoms with van der Waals surface area (Å²) >= 11 is 0. The molecule has 1 fully saturated rings. The lowest BCUT2D eigenvalue weighted by Crippen LogP contribution is -2.07. The molecule has 0 unspecified atom stereocenters. The molecule has 1 aromatic carbocycles. The van der Waals surface area contributed by atoms with Gasteiger partial charge in [-0.1, -0.05) is 34.9 Å². The Labute approximate surface area is 142 Å². The molecule has 0 aliphatic heterocycles. The normalized spacial score (nSPS) is 14.7. The van der Waals surface area contributed by atoms with Gasteiger partial charge in [0.15, 0.2) is 5.69 Å². The average Bonchev–Trinajstić information content (AvgIpc) is 3.21. The summed E-state index contributed by atoms with van der Waals surface area (Å²) in [5.41, 5.74) is 8.04. The first-order valence-corrected chi connectivity index (χ1v) is 8.24. The predicted molar refractivity (Wildman–Crippen MR) is 91.5 cm³/mol. The maximum absolute atomic E-state index is 5.91. The van der Waals surface area contributed by atoms with Crippen LogP contribution < -0.4 is 5.73 Å². The number of aromatic nitrogens is 4. The molecule has 5 rings (SSSR count). The summed E-state index contributed by atoms with van der Waals surface area (Å²) in [6.07, 6.45) is 3.53. The van der Waals surface area contributed by atoms with E-state index in [4.69, 9.17) is 14.8 Å². The van der Waals surface area contributed by atoms with Crippen molar-refractivity contribution < 1.29 is 9.05 Å². The van der Waals surface area contributed by atoms with Crippen molar-refractivity contribution in [3.05, 3.63) is 42.2 Å². The van der Waals surface area contributed by atoms with Gasteiger partial charge in [0, 0.05) is 22.9 Å². The maximum Gasteiger partial charge on any atom is 0.280 e. The van der Waals surface area contributed by atoms with Crippen LogP contribution in [0.2, 0.25) is 0 Å². The molecular formula is C18H15N5O2. The van der Waals surface area contributed by atoms with E-state index < -0.39 is 0 Å². The van der Waals surface area contributed by atoms with Crippen LogP contribution in [0.4, 0.5) is 5.82 Å². The molecule has 7 nitrogen and oxygen atoms in total. The quantitative estimate of drug-likeness (QED) is 0.608. The number of hydrogen-bond acceptors (Lipinski definition) is 7. The first-order valence-electron chi connectivity index (χ1n) is 8.24. The molecule has 25 heavy (non-hydrogen) atoms. The highest BCUT2D eigenvalue weighted by molar-refractivity contribution is 5.94. The van der Waals surface area contributed by atoms with Crippen LogP contribution in [0.15, 0.2) is 45.4 Å². The summed E-state index contributed by atoms with van der Waals surface area (Å²) in [5, 5.41) is 9.08. The summed E-state index contributed by atoms with van der Waals surface area (Å²) in [4.78, 5) is 8.80. The molecule has 7 heteroatoms. The Bertz CT molecular complexity index is 1060. The fourth-order valence-corrected chi connectivity index (χ4v) is 3.09. The lowest BCUT2D eigenvalue weighted by molar-refractivity contribution is 0.300. The van der Waals surface area contributed by atoms with Crippen molar-refractivity contribution in [2.45, 2.75) is 25.2 Å². The minimum Gasteiger partial charge on any atom is -0.384 e. The molecule has 2 N–H and O–H groups in total. The van der Waals surface area contributed by atoms with E-state index in [9.17, 15) is 0 Å². The molecule has 124 valence electrons. The smallest absolute Gasteiger partial charge is 0.280 e. The van der Waals surface area contributed by atoms with Gasteiger partial charge in [-0.2, -0.15) is 4.98 Å². The van der Waals surface area contributed by atoms with Crippen LogP contribution in [0, 0.1) is 0 Å². The largest absolute Gasteiger partial charge is 0.384 e. The van der Waals surface area contributed by atoms with Crippen LogP contribution >= 0.6 is 0 Å². The maximum atomic E-state index is 5.91. The first-order chi connectivity index (χ1) is 12.3. The van der Waals surface area contributed by atoms with E-state index in [1.165, 1.54) is 6.42 Å². The van der Waals surface area contributed by atoms with Gasteiger partial charge in [0.05, 0.1) is 5.52 Å². The minimum absolute atomic E-state index is 0.337. The Morgan fingerprint density at radius 3 is 2.72 bits per heavy atom. The number of anilines is 1. The predicted octanol–water partition coefficient (Wildman–Crippen LogP) is 3.79. The molecule has 1 aliphatic carbocycles. The molecule has 0 bridgehead atoms. The lowest BCUT2D eigenvalue weighted by Gasteiger charge is -2.21. The van der Waals surface area contributed by atoms with Crippen molar-refractivity contribution in [3.63, 3.8) is 0 Å². The highest BCUT2D eigenvalue weighted by atomic mass is 16.5. The average molecular weight is 333 g/mol. The fraction of sp³-hybridized carbons (Fsp3) is 0.222. The molecule has 3 aromatic heterocycles. The summed E-state index contributed by atoms with van der Waals surface area (Å²) in [6.45, 7) is 0. The number of rotatable bonds is 3. The van der Waals surface area contributed by atoms with Gasteiger partial charge in [-0.25, -0.2) is 4.98 Å². The molecule has 4 aromatic rings. The van der Waals surface area contributed by atoms with E-state index in [0.717, 1.165) is 35.1 Å². The van der Waals surface area contributed by atoms with Gasteiger partial charge < -0.3 is 14.8 Å². The van der Waals surface area contributed by atoms with E-state index in [-0.39, 0.29) is 0 Å². The van der Waals surface area contributed by atoms with Gasteiger partial charge in [-0.15, -0.1) is 0 Å². The van der Waals surface area contributed by atoms with Crippen LogP contribution in [0.3, 0.4) is 0 Å². The number of fused-ring (bicyclic) bond motifs is 1. The second-order valence-electron chi connectivity index (χ2n) is 6.28. The van der Waals surface area contributed by atoms with Gasteiger partial charge in [0.1, 0.15) is 11.6 Å². The Morgan fingerprint density at radius 1 is 1.00 bits per heavy atom. The van der Waals surface area contributed by atoms with Crippen molar-refractivity contribution in [1.29, 1.82) is 0 Å². The second-order valence-corrected chi connectivity index (χ2v) is 6.28. The zero-order valence-electron chi connectivity index (χ0n) is 13.3. The summed E-state index contributed by atoms with van der Waals surface area (Å²) in [6, 6.07) is 11.3. The number of nitrogens with two attached hydrogens (primary N) is 1. The summed E-state index contributed by atoms with van der Waals surface area (Å²) in [5.74, 6) is 2.55. The number of para-hydroxylation sites is 1. The SMILES string of the molecule is Nc1cc(-c2noc(-c3cc(C4CCC4)on3)n2)c2ccccc2n1. The molecule has 0 amide bonds. The molecule has 0 spiro atoms. The summed E-state index contributed by atoms with van der Waals surface area (Å²) in [7, 11) is 0. The topological polar surface area (TPSA) is 104 Å². The van der Waals surface area contributed by atoms with Crippen molar-refractivity contribution in [3.8, 4) is 23.0 Å². The Kier molecular flexibility index (Phi) is 3.06. The standard InChI is InChI=1S/C18H15N5O2/c19-16-8-12(11-6-1-2-7-13(11)20-16)17-21-18(25-23-17)14-9-15(24-22-14)10-4-3-5-10/h1-2,6-10H,3-5H2,(H2,19,20). The third kappa shape index (κ3) is 2.36. The Hall–Kier alpha value is -3.22. The molecule has 0 atom stereocenters. The van der Waals surface area contributed by atoms with Gasteiger partial charge >= 0.3 is 0 Å². The van der Waals surface area contributed by atoms with Gasteiger partial charge in [0.25, 0.3) is 5.89 Å². The van der Waals surface area contributed by atoms with E-state index >= 15 is 0 Å². The zero-order chi connectivity index (χ0) is 16.8. The van der Waals surface area contributed by atoms with Crippen LogP contribution in [-0.2, 0) is 0 Å². The van der Waals surface area contributed by atoms with Crippen LogP contribution in [-0.4, -0.2) is 20.3 Å². The molecule has 1 aliphatic rings. The monoisotopic (exact) mass is 333 g/mol. The van der Waals surface area contributed by atoms with Crippen LogP contribution in [0.1, 0.15) is 30.9 Å². The van der Waals surface area contributed by atoms with Crippen LogP contribution in [0.25, 0.3) is 33.9 Å². The Morgan fingerprint density at radius 2 is 1.88 bits per heavy atom. The lowest BCUT2D eigenvalue weighted by atomic mass is 9.83. The molecule has 0 radical (unpaired) electrons. The van der Waals surface area contributed by atoms with Crippen molar-refractivity contribution >= 4 is 16.7 Å². The van der Waals surface area contributed by atoms with Crippen LogP contribution in [0.5, 0.6) is 0 Å². The third-order valence-corrected chi connectivity index (χ3v) is 4.66. The van der Waals surface area contributed by atoms with Gasteiger partial charge in [-0.05, 0) is 25.0 Å². The number of hydrogen-bond donors (Lipinski definition) is 1. The number of nitrogens with zero attached hydrogens (tertiary/aromatic N) is 4. The van der Waals surface area contributed by atoms with Gasteiger partial charge in [0.2, 0.25) is 5.82 Å². The van der Waals surface area contributed by atoms with Gasteiger partial charge in [-0.3, -0.25) is 0 Å². The Balaban J connectivity index is 1.55. The zero-order valence-corrected chi connectivity index (χ0v) is 13.3.